The molecule has 0 saturated carbocycles. The zero-order valence-corrected chi connectivity index (χ0v) is 12.4. The van der Waals surface area contributed by atoms with Crippen LogP contribution in [-0.4, -0.2) is 12.9 Å². The van der Waals surface area contributed by atoms with Crippen molar-refractivity contribution < 1.29 is 9.53 Å². The summed E-state index contributed by atoms with van der Waals surface area (Å²) in [5.74, 6) is 0.967. The number of halogens is 1. The lowest BCUT2D eigenvalue weighted by Crippen LogP contribution is -2.01. The normalized spacial score (nSPS) is 10.3. The summed E-state index contributed by atoms with van der Waals surface area (Å²) in [4.78, 5) is 12.1. The predicted molar refractivity (Wildman–Crippen MR) is 81.8 cm³/mol. The van der Waals surface area contributed by atoms with Crippen molar-refractivity contribution in [1.82, 2.24) is 0 Å². The summed E-state index contributed by atoms with van der Waals surface area (Å²) in [6.07, 6.45) is 1.22. The quantitative estimate of drug-likeness (QED) is 0.759. The number of carbonyl (C=O) groups excluding carboxylic acids is 1. The molecule has 20 heavy (non-hydrogen) atoms. The summed E-state index contributed by atoms with van der Waals surface area (Å²) in [6, 6.07) is 13.2. The third kappa shape index (κ3) is 3.61. The van der Waals surface area contributed by atoms with Crippen LogP contribution in [-0.2, 0) is 6.42 Å². The lowest BCUT2D eigenvalue weighted by molar-refractivity contribution is 0.0983. The van der Waals surface area contributed by atoms with Crippen LogP contribution in [0.15, 0.2) is 42.5 Å². The van der Waals surface area contributed by atoms with Crippen molar-refractivity contribution in [2.45, 2.75) is 19.8 Å². The van der Waals surface area contributed by atoms with Gasteiger partial charge >= 0.3 is 0 Å². The minimum absolute atomic E-state index is 0.139. The fourth-order valence-corrected chi connectivity index (χ4v) is 2.13. The highest BCUT2D eigenvalue weighted by atomic mass is 35.5. The smallest absolute Gasteiger partial charge is 0.163 e. The molecule has 2 aromatic rings. The van der Waals surface area contributed by atoms with Gasteiger partial charge in [0, 0.05) is 17.0 Å². The Morgan fingerprint density at radius 1 is 1.15 bits per heavy atom. The average Bonchev–Trinajstić information content (AvgIpc) is 2.48. The van der Waals surface area contributed by atoms with Crippen molar-refractivity contribution in [2.24, 2.45) is 0 Å². The van der Waals surface area contributed by atoms with Crippen LogP contribution in [0.5, 0.6) is 5.75 Å². The molecule has 0 radical (unpaired) electrons. The molecule has 0 saturated heterocycles. The number of methoxy groups -OCH3 is 1. The highest BCUT2D eigenvalue weighted by Gasteiger charge is 2.08. The number of benzene rings is 2. The fraction of sp³-hybridized carbons (Fsp3) is 0.235. The van der Waals surface area contributed by atoms with E-state index in [1.54, 1.807) is 19.2 Å². The number of hydrogen-bond donors (Lipinski definition) is 0. The molecule has 3 heteroatoms. The average molecular weight is 289 g/mol. The van der Waals surface area contributed by atoms with Gasteiger partial charge in [-0.2, -0.15) is 0 Å². The van der Waals surface area contributed by atoms with E-state index in [0.717, 1.165) is 28.9 Å². The lowest BCUT2D eigenvalue weighted by Gasteiger charge is -2.05. The van der Waals surface area contributed by atoms with Gasteiger partial charge in [0.2, 0.25) is 0 Å². The SMILES string of the molecule is COc1ccc(CCC(=O)c2ccc(Cl)c(C)c2)cc1. The van der Waals surface area contributed by atoms with E-state index in [-0.39, 0.29) is 5.78 Å². The molecule has 2 nitrogen and oxygen atoms in total. The van der Waals surface area contributed by atoms with Crippen molar-refractivity contribution >= 4 is 17.4 Å². The summed E-state index contributed by atoms with van der Waals surface area (Å²) in [5.41, 5.74) is 2.78. The number of hydrogen-bond acceptors (Lipinski definition) is 2. The number of ether oxygens (including phenoxy) is 1. The Morgan fingerprint density at radius 3 is 2.45 bits per heavy atom. The van der Waals surface area contributed by atoms with Crippen LogP contribution >= 0.6 is 11.6 Å². The van der Waals surface area contributed by atoms with Crippen molar-refractivity contribution in [3.8, 4) is 5.75 Å². The van der Waals surface area contributed by atoms with E-state index >= 15 is 0 Å². The Hall–Kier alpha value is -1.80. The summed E-state index contributed by atoms with van der Waals surface area (Å²) < 4.78 is 5.11. The van der Waals surface area contributed by atoms with Crippen molar-refractivity contribution in [2.75, 3.05) is 7.11 Å². The first-order valence-corrected chi connectivity index (χ1v) is 6.90. The van der Waals surface area contributed by atoms with Crippen molar-refractivity contribution in [1.29, 1.82) is 0 Å². The molecule has 0 fully saturated rings. The second kappa shape index (κ2) is 6.58. The van der Waals surface area contributed by atoms with Crippen LogP contribution < -0.4 is 4.74 Å². The maximum absolute atomic E-state index is 12.1. The number of Topliss-reactive ketones (excluding diaryl/α,β-unsaturated/α-hetero) is 1. The number of rotatable bonds is 5. The van der Waals surface area contributed by atoms with E-state index in [1.807, 2.05) is 37.3 Å². The van der Waals surface area contributed by atoms with Gasteiger partial charge in [0.25, 0.3) is 0 Å². The van der Waals surface area contributed by atoms with Crippen LogP contribution in [0.4, 0.5) is 0 Å². The summed E-state index contributed by atoms with van der Waals surface area (Å²) in [5, 5.41) is 0.691. The number of carbonyl (C=O) groups is 1. The third-order valence-corrected chi connectivity index (χ3v) is 3.70. The lowest BCUT2D eigenvalue weighted by atomic mass is 10.0. The molecule has 0 N–H and O–H groups in total. The largest absolute Gasteiger partial charge is 0.497 e. The van der Waals surface area contributed by atoms with E-state index in [0.29, 0.717) is 11.4 Å². The molecule has 0 aliphatic heterocycles. The van der Waals surface area contributed by atoms with Crippen LogP contribution in [0.25, 0.3) is 0 Å². The number of aryl methyl sites for hydroxylation is 2. The van der Waals surface area contributed by atoms with Gasteiger partial charge in [0.05, 0.1) is 7.11 Å². The van der Waals surface area contributed by atoms with Gasteiger partial charge in [-0.25, -0.2) is 0 Å². The molecule has 0 amide bonds. The maximum Gasteiger partial charge on any atom is 0.163 e. The first kappa shape index (κ1) is 14.6. The Morgan fingerprint density at radius 2 is 1.85 bits per heavy atom. The summed E-state index contributed by atoms with van der Waals surface area (Å²) >= 11 is 5.96. The fourth-order valence-electron chi connectivity index (χ4n) is 2.01. The second-order valence-corrected chi connectivity index (χ2v) is 5.14. The first-order valence-electron chi connectivity index (χ1n) is 6.52. The Balaban J connectivity index is 1.98. The molecule has 0 bridgehead atoms. The van der Waals surface area contributed by atoms with E-state index in [2.05, 4.69) is 0 Å². The van der Waals surface area contributed by atoms with Gasteiger partial charge in [0.15, 0.2) is 5.78 Å². The topological polar surface area (TPSA) is 26.3 Å². The molecule has 2 aromatic carbocycles. The summed E-state index contributed by atoms with van der Waals surface area (Å²) in [6.45, 7) is 1.91. The molecule has 0 aliphatic carbocycles. The highest BCUT2D eigenvalue weighted by Crippen LogP contribution is 2.18. The third-order valence-electron chi connectivity index (χ3n) is 3.28. The molecule has 0 unspecified atom stereocenters. The Labute approximate surface area is 124 Å². The van der Waals surface area contributed by atoms with E-state index in [4.69, 9.17) is 16.3 Å². The predicted octanol–water partition coefficient (Wildman–Crippen LogP) is 4.47. The van der Waals surface area contributed by atoms with Gasteiger partial charge in [-0.3, -0.25) is 4.79 Å². The molecule has 2 rings (SSSR count). The van der Waals surface area contributed by atoms with Crippen LogP contribution in [0.3, 0.4) is 0 Å². The zero-order valence-electron chi connectivity index (χ0n) is 11.7. The molecular weight excluding hydrogens is 272 g/mol. The highest BCUT2D eigenvalue weighted by molar-refractivity contribution is 6.31. The molecule has 0 atom stereocenters. The van der Waals surface area contributed by atoms with Gasteiger partial charge in [-0.1, -0.05) is 23.7 Å². The molecule has 0 heterocycles. The maximum atomic E-state index is 12.1. The van der Waals surface area contributed by atoms with E-state index in [9.17, 15) is 4.79 Å². The first-order chi connectivity index (χ1) is 9.60. The Bertz CT molecular complexity index is 603. The van der Waals surface area contributed by atoms with E-state index in [1.165, 1.54) is 0 Å². The van der Waals surface area contributed by atoms with Gasteiger partial charge in [-0.05, 0) is 54.8 Å². The van der Waals surface area contributed by atoms with Crippen LogP contribution in [0.1, 0.15) is 27.9 Å². The second-order valence-electron chi connectivity index (χ2n) is 4.74. The minimum atomic E-state index is 0.139. The Kier molecular flexibility index (Phi) is 4.80. The van der Waals surface area contributed by atoms with Crippen LogP contribution in [0.2, 0.25) is 5.02 Å². The molecular formula is C17H17ClO2. The molecule has 0 aromatic heterocycles. The van der Waals surface area contributed by atoms with Crippen LogP contribution in [0, 0.1) is 6.92 Å². The molecule has 0 aliphatic rings. The number of ketones is 1. The molecule has 104 valence electrons. The standard InChI is InChI=1S/C17H17ClO2/c1-12-11-14(6-9-16(12)18)17(19)10-5-13-3-7-15(20-2)8-4-13/h3-4,6-9,11H,5,10H2,1-2H3. The van der Waals surface area contributed by atoms with Crippen molar-refractivity contribution in [3.05, 3.63) is 64.2 Å². The van der Waals surface area contributed by atoms with Gasteiger partial charge in [0.1, 0.15) is 5.75 Å². The van der Waals surface area contributed by atoms with Gasteiger partial charge < -0.3 is 4.74 Å². The minimum Gasteiger partial charge on any atom is -0.497 e. The summed E-state index contributed by atoms with van der Waals surface area (Å²) in [7, 11) is 1.64. The van der Waals surface area contributed by atoms with E-state index < -0.39 is 0 Å². The van der Waals surface area contributed by atoms with Crippen molar-refractivity contribution in [3.63, 3.8) is 0 Å². The van der Waals surface area contributed by atoms with Gasteiger partial charge in [-0.15, -0.1) is 0 Å². The molecule has 0 spiro atoms. The zero-order chi connectivity index (χ0) is 14.5. The monoisotopic (exact) mass is 288 g/mol.